The van der Waals surface area contributed by atoms with Crippen LogP contribution in [0, 0.1) is 0 Å². The molecule has 0 atom stereocenters. The summed E-state index contributed by atoms with van der Waals surface area (Å²) in [6, 6.07) is 7.91. The van der Waals surface area contributed by atoms with Gasteiger partial charge < -0.3 is 10.1 Å². The van der Waals surface area contributed by atoms with E-state index < -0.39 is 0 Å². The molecule has 1 aromatic heterocycles. The van der Waals surface area contributed by atoms with Crippen molar-refractivity contribution in [1.29, 1.82) is 0 Å². The summed E-state index contributed by atoms with van der Waals surface area (Å²) in [5, 5.41) is 2.84. The molecule has 0 radical (unpaired) electrons. The van der Waals surface area contributed by atoms with E-state index in [4.69, 9.17) is 4.74 Å². The summed E-state index contributed by atoms with van der Waals surface area (Å²) >= 11 is 1.03. The smallest absolute Gasteiger partial charge is 0.272 e. The number of hydrogen-bond acceptors (Lipinski definition) is 5. The number of carbonyl (C=O) groups is 1. The molecule has 22 heavy (non-hydrogen) atoms. The van der Waals surface area contributed by atoms with E-state index in [-0.39, 0.29) is 5.91 Å². The molecule has 0 bridgehead atoms. The minimum Gasteiger partial charge on any atom is -0.490 e. The van der Waals surface area contributed by atoms with E-state index in [0.717, 1.165) is 35.9 Å². The summed E-state index contributed by atoms with van der Waals surface area (Å²) in [6.07, 6.45) is 7.90. The molecule has 116 valence electrons. The van der Waals surface area contributed by atoms with Crippen molar-refractivity contribution in [2.75, 3.05) is 0 Å². The zero-order chi connectivity index (χ0) is 15.2. The van der Waals surface area contributed by atoms with Crippen LogP contribution < -0.4 is 10.1 Å². The minimum atomic E-state index is -0.202. The van der Waals surface area contributed by atoms with E-state index in [1.807, 2.05) is 24.3 Å². The summed E-state index contributed by atoms with van der Waals surface area (Å²) in [5.74, 6) is 0.682. The molecule has 1 amide bonds. The molecular formula is C16H19N3O2S. The normalized spacial score (nSPS) is 15.5. The molecule has 0 aliphatic heterocycles. The highest BCUT2D eigenvalue weighted by Crippen LogP contribution is 2.23. The van der Waals surface area contributed by atoms with Gasteiger partial charge in [-0.25, -0.2) is 0 Å². The highest BCUT2D eigenvalue weighted by Gasteiger charge is 2.15. The molecule has 1 heterocycles. The largest absolute Gasteiger partial charge is 0.490 e. The number of nitrogens with one attached hydrogen (secondary N) is 1. The van der Waals surface area contributed by atoms with Gasteiger partial charge in [-0.1, -0.05) is 18.6 Å². The van der Waals surface area contributed by atoms with Gasteiger partial charge in [0.1, 0.15) is 5.75 Å². The molecule has 1 saturated carbocycles. The van der Waals surface area contributed by atoms with Gasteiger partial charge in [-0.05, 0) is 43.4 Å². The van der Waals surface area contributed by atoms with Gasteiger partial charge in [0.2, 0.25) is 0 Å². The van der Waals surface area contributed by atoms with Crippen LogP contribution >= 0.6 is 11.7 Å². The van der Waals surface area contributed by atoms with Crippen LogP contribution in [0.1, 0.15) is 48.2 Å². The predicted octanol–water partition coefficient (Wildman–Crippen LogP) is 3.18. The van der Waals surface area contributed by atoms with Crippen LogP contribution in [0.4, 0.5) is 0 Å². The summed E-state index contributed by atoms with van der Waals surface area (Å²) < 4.78 is 13.8. The molecular weight excluding hydrogens is 298 g/mol. The van der Waals surface area contributed by atoms with Crippen LogP contribution in [0.25, 0.3) is 0 Å². The molecule has 5 nitrogen and oxygen atoms in total. The Bertz CT molecular complexity index is 610. The number of rotatable bonds is 5. The molecule has 0 saturated heterocycles. The monoisotopic (exact) mass is 317 g/mol. The second-order valence-electron chi connectivity index (χ2n) is 5.50. The van der Waals surface area contributed by atoms with Crippen LogP contribution in [0.2, 0.25) is 0 Å². The first-order chi connectivity index (χ1) is 10.8. The van der Waals surface area contributed by atoms with Crippen LogP contribution in [-0.2, 0) is 6.54 Å². The van der Waals surface area contributed by atoms with Crippen molar-refractivity contribution in [3.8, 4) is 5.75 Å². The van der Waals surface area contributed by atoms with Gasteiger partial charge in [0, 0.05) is 6.54 Å². The average molecular weight is 317 g/mol. The molecule has 1 N–H and O–H groups in total. The van der Waals surface area contributed by atoms with E-state index in [1.165, 1.54) is 25.5 Å². The first-order valence-electron chi connectivity index (χ1n) is 7.62. The fourth-order valence-electron chi connectivity index (χ4n) is 2.64. The SMILES string of the molecule is O=C(NCc1cccc(OC2CCCCC2)c1)c1cnsn1. The maximum Gasteiger partial charge on any atom is 0.272 e. The third kappa shape index (κ3) is 4.04. The lowest BCUT2D eigenvalue weighted by atomic mass is 9.98. The van der Waals surface area contributed by atoms with Crippen molar-refractivity contribution in [3.05, 3.63) is 41.7 Å². The zero-order valence-electron chi connectivity index (χ0n) is 12.3. The number of carbonyl (C=O) groups excluding carboxylic acids is 1. The lowest BCUT2D eigenvalue weighted by molar-refractivity contribution is 0.0946. The van der Waals surface area contributed by atoms with Gasteiger partial charge in [-0.15, -0.1) is 0 Å². The van der Waals surface area contributed by atoms with Gasteiger partial charge in [-0.3, -0.25) is 4.79 Å². The van der Waals surface area contributed by atoms with Crippen molar-refractivity contribution in [2.45, 2.75) is 44.8 Å². The second-order valence-corrected chi connectivity index (χ2v) is 6.06. The van der Waals surface area contributed by atoms with Crippen LogP contribution in [0.3, 0.4) is 0 Å². The molecule has 1 aliphatic rings. The first-order valence-corrected chi connectivity index (χ1v) is 8.35. The molecule has 1 fully saturated rings. The number of aromatic nitrogens is 2. The first kappa shape index (κ1) is 15.0. The molecule has 2 aromatic rings. The van der Waals surface area contributed by atoms with Gasteiger partial charge in [0.05, 0.1) is 24.0 Å². The molecule has 1 aromatic carbocycles. The maximum absolute atomic E-state index is 11.8. The van der Waals surface area contributed by atoms with Crippen molar-refractivity contribution in [3.63, 3.8) is 0 Å². The average Bonchev–Trinajstić information content (AvgIpc) is 3.08. The Kier molecular flexibility index (Phi) is 5.00. The Balaban J connectivity index is 1.55. The predicted molar refractivity (Wildman–Crippen MR) is 85.0 cm³/mol. The standard InChI is InChI=1S/C16H19N3O2S/c20-16(15-11-18-22-19-15)17-10-12-5-4-8-14(9-12)21-13-6-2-1-3-7-13/h4-5,8-9,11,13H,1-3,6-7,10H2,(H,17,20). The summed E-state index contributed by atoms with van der Waals surface area (Å²) in [6.45, 7) is 0.457. The molecule has 0 spiro atoms. The minimum absolute atomic E-state index is 0.202. The molecule has 0 unspecified atom stereocenters. The lowest BCUT2D eigenvalue weighted by Gasteiger charge is -2.23. The van der Waals surface area contributed by atoms with Crippen molar-refractivity contribution in [1.82, 2.24) is 14.1 Å². The van der Waals surface area contributed by atoms with Gasteiger partial charge in [0.25, 0.3) is 5.91 Å². The van der Waals surface area contributed by atoms with Crippen molar-refractivity contribution >= 4 is 17.6 Å². The van der Waals surface area contributed by atoms with E-state index in [9.17, 15) is 4.79 Å². The number of nitrogens with zero attached hydrogens (tertiary/aromatic N) is 2. The fourth-order valence-corrected chi connectivity index (χ4v) is 3.05. The molecule has 3 rings (SSSR count). The zero-order valence-corrected chi connectivity index (χ0v) is 13.1. The van der Waals surface area contributed by atoms with E-state index in [2.05, 4.69) is 14.1 Å². The van der Waals surface area contributed by atoms with Gasteiger partial charge >= 0.3 is 0 Å². The molecule has 6 heteroatoms. The van der Waals surface area contributed by atoms with Crippen LogP contribution in [0.5, 0.6) is 5.75 Å². The van der Waals surface area contributed by atoms with Crippen molar-refractivity contribution in [2.24, 2.45) is 0 Å². The number of benzene rings is 1. The number of hydrogen-bond donors (Lipinski definition) is 1. The topological polar surface area (TPSA) is 64.1 Å². The van der Waals surface area contributed by atoms with E-state index in [1.54, 1.807) is 0 Å². The fraction of sp³-hybridized carbons (Fsp3) is 0.438. The lowest BCUT2D eigenvalue weighted by Crippen LogP contribution is -2.23. The Morgan fingerprint density at radius 2 is 2.18 bits per heavy atom. The Hall–Kier alpha value is -1.95. The Labute approximate surface area is 134 Å². The highest BCUT2D eigenvalue weighted by atomic mass is 32.1. The second kappa shape index (κ2) is 7.35. The Morgan fingerprint density at radius 1 is 1.32 bits per heavy atom. The maximum atomic E-state index is 11.8. The Morgan fingerprint density at radius 3 is 2.95 bits per heavy atom. The summed E-state index contributed by atoms with van der Waals surface area (Å²) in [7, 11) is 0. The van der Waals surface area contributed by atoms with Gasteiger partial charge in [-0.2, -0.15) is 8.75 Å². The third-order valence-electron chi connectivity index (χ3n) is 3.80. The van der Waals surface area contributed by atoms with Crippen LogP contribution in [0.15, 0.2) is 30.5 Å². The molecule has 1 aliphatic carbocycles. The van der Waals surface area contributed by atoms with Gasteiger partial charge in [0.15, 0.2) is 5.69 Å². The third-order valence-corrected chi connectivity index (χ3v) is 4.28. The van der Waals surface area contributed by atoms with E-state index in [0.29, 0.717) is 18.3 Å². The van der Waals surface area contributed by atoms with Crippen molar-refractivity contribution < 1.29 is 9.53 Å². The highest BCUT2D eigenvalue weighted by molar-refractivity contribution is 6.99. The number of amides is 1. The quantitative estimate of drug-likeness (QED) is 0.920. The number of ether oxygens (including phenoxy) is 1. The van der Waals surface area contributed by atoms with Crippen LogP contribution in [-0.4, -0.2) is 20.8 Å². The van der Waals surface area contributed by atoms with E-state index >= 15 is 0 Å². The summed E-state index contributed by atoms with van der Waals surface area (Å²) in [5.41, 5.74) is 1.38. The summed E-state index contributed by atoms with van der Waals surface area (Å²) in [4.78, 5) is 11.8.